The first-order chi connectivity index (χ1) is 8.74. The van der Waals surface area contributed by atoms with E-state index in [0.29, 0.717) is 12.5 Å². The standard InChI is InChI=1S/C13H16N4O/c1-17(11-4-3-5-12(6-11)18-2)13-15-8-10(7-14)9-16-13/h3-6,8-9H,7,14H2,1-2H3. The highest BCUT2D eigenvalue weighted by Gasteiger charge is 2.07. The van der Waals surface area contributed by atoms with Crippen LogP contribution < -0.4 is 15.4 Å². The van der Waals surface area contributed by atoms with Crippen molar-refractivity contribution in [3.8, 4) is 5.75 Å². The van der Waals surface area contributed by atoms with E-state index in [0.717, 1.165) is 17.0 Å². The Balaban J connectivity index is 2.25. The van der Waals surface area contributed by atoms with Crippen molar-refractivity contribution in [3.05, 3.63) is 42.2 Å². The van der Waals surface area contributed by atoms with E-state index in [1.54, 1.807) is 19.5 Å². The molecule has 2 N–H and O–H groups in total. The molecule has 0 spiro atoms. The zero-order chi connectivity index (χ0) is 13.0. The number of anilines is 2. The quantitative estimate of drug-likeness (QED) is 0.887. The molecule has 0 radical (unpaired) electrons. The van der Waals surface area contributed by atoms with Crippen LogP contribution >= 0.6 is 0 Å². The molecule has 0 aliphatic rings. The monoisotopic (exact) mass is 244 g/mol. The Morgan fingerprint density at radius 3 is 2.61 bits per heavy atom. The third-order valence-electron chi connectivity index (χ3n) is 2.67. The van der Waals surface area contributed by atoms with Crippen molar-refractivity contribution in [2.24, 2.45) is 5.73 Å². The third kappa shape index (κ3) is 2.57. The van der Waals surface area contributed by atoms with Gasteiger partial charge < -0.3 is 15.4 Å². The Morgan fingerprint density at radius 2 is 2.00 bits per heavy atom. The van der Waals surface area contributed by atoms with Gasteiger partial charge >= 0.3 is 0 Å². The van der Waals surface area contributed by atoms with E-state index in [2.05, 4.69) is 9.97 Å². The predicted molar refractivity (Wildman–Crippen MR) is 71.0 cm³/mol. The maximum atomic E-state index is 5.51. The van der Waals surface area contributed by atoms with Crippen molar-refractivity contribution in [1.29, 1.82) is 0 Å². The van der Waals surface area contributed by atoms with E-state index in [-0.39, 0.29) is 0 Å². The van der Waals surface area contributed by atoms with E-state index < -0.39 is 0 Å². The fraction of sp³-hybridized carbons (Fsp3) is 0.231. The van der Waals surface area contributed by atoms with Crippen LogP contribution in [-0.2, 0) is 6.54 Å². The Kier molecular flexibility index (Phi) is 3.74. The maximum absolute atomic E-state index is 5.51. The van der Waals surface area contributed by atoms with E-state index in [1.807, 2.05) is 36.2 Å². The van der Waals surface area contributed by atoms with E-state index in [1.165, 1.54) is 0 Å². The number of nitrogens with zero attached hydrogens (tertiary/aromatic N) is 3. The van der Waals surface area contributed by atoms with Gasteiger partial charge in [0.1, 0.15) is 5.75 Å². The van der Waals surface area contributed by atoms with Crippen LogP contribution in [0.2, 0.25) is 0 Å². The molecule has 5 heteroatoms. The summed E-state index contributed by atoms with van der Waals surface area (Å²) in [4.78, 5) is 10.4. The summed E-state index contributed by atoms with van der Waals surface area (Å²) in [6.45, 7) is 0.448. The fourth-order valence-corrected chi connectivity index (χ4v) is 1.56. The van der Waals surface area contributed by atoms with Crippen molar-refractivity contribution < 1.29 is 4.74 Å². The lowest BCUT2D eigenvalue weighted by atomic mass is 10.3. The van der Waals surface area contributed by atoms with Crippen molar-refractivity contribution in [3.63, 3.8) is 0 Å². The highest BCUT2D eigenvalue weighted by molar-refractivity contribution is 5.58. The Bertz CT molecular complexity index is 513. The minimum Gasteiger partial charge on any atom is -0.497 e. The highest BCUT2D eigenvalue weighted by Crippen LogP contribution is 2.23. The first-order valence-electron chi connectivity index (χ1n) is 5.63. The Labute approximate surface area is 106 Å². The zero-order valence-electron chi connectivity index (χ0n) is 10.5. The van der Waals surface area contributed by atoms with Gasteiger partial charge in [-0.15, -0.1) is 0 Å². The lowest BCUT2D eigenvalue weighted by Gasteiger charge is -2.17. The zero-order valence-corrected chi connectivity index (χ0v) is 10.5. The molecule has 5 nitrogen and oxygen atoms in total. The number of rotatable bonds is 4. The van der Waals surface area contributed by atoms with E-state index in [4.69, 9.17) is 10.5 Å². The molecule has 0 aliphatic carbocycles. The van der Waals surface area contributed by atoms with Crippen LogP contribution in [0, 0.1) is 0 Å². The molecule has 0 aliphatic heterocycles. The van der Waals surface area contributed by atoms with Gasteiger partial charge in [0.2, 0.25) is 5.95 Å². The van der Waals surface area contributed by atoms with Crippen LogP contribution in [0.3, 0.4) is 0 Å². The molecule has 1 aromatic heterocycles. The number of hydrogen-bond donors (Lipinski definition) is 1. The number of hydrogen-bond acceptors (Lipinski definition) is 5. The van der Waals surface area contributed by atoms with Gasteiger partial charge in [-0.1, -0.05) is 6.07 Å². The summed E-state index contributed by atoms with van der Waals surface area (Å²) in [6, 6.07) is 7.73. The average molecular weight is 244 g/mol. The van der Waals surface area contributed by atoms with Gasteiger partial charge in [-0.25, -0.2) is 9.97 Å². The summed E-state index contributed by atoms with van der Waals surface area (Å²) in [7, 11) is 3.55. The molecule has 0 saturated carbocycles. The molecule has 0 atom stereocenters. The molecule has 0 unspecified atom stereocenters. The molecule has 18 heavy (non-hydrogen) atoms. The number of nitrogens with two attached hydrogens (primary N) is 1. The number of benzene rings is 1. The van der Waals surface area contributed by atoms with Gasteiger partial charge in [-0.05, 0) is 12.1 Å². The molecule has 1 heterocycles. The molecule has 1 aromatic carbocycles. The molecule has 0 amide bonds. The van der Waals surface area contributed by atoms with Gasteiger partial charge in [0.15, 0.2) is 0 Å². The van der Waals surface area contributed by atoms with Gasteiger partial charge in [-0.3, -0.25) is 0 Å². The molecule has 0 fully saturated rings. The van der Waals surface area contributed by atoms with E-state index in [9.17, 15) is 0 Å². The topological polar surface area (TPSA) is 64.3 Å². The maximum Gasteiger partial charge on any atom is 0.229 e. The van der Waals surface area contributed by atoms with Gasteiger partial charge in [0.05, 0.1) is 7.11 Å². The van der Waals surface area contributed by atoms with Crippen LogP contribution in [0.25, 0.3) is 0 Å². The Hall–Kier alpha value is -2.14. The summed E-state index contributed by atoms with van der Waals surface area (Å²) in [5, 5.41) is 0. The van der Waals surface area contributed by atoms with E-state index >= 15 is 0 Å². The summed E-state index contributed by atoms with van der Waals surface area (Å²) >= 11 is 0. The van der Waals surface area contributed by atoms with Crippen LogP contribution in [0.15, 0.2) is 36.7 Å². The van der Waals surface area contributed by atoms with Crippen LogP contribution in [0.4, 0.5) is 11.6 Å². The fourth-order valence-electron chi connectivity index (χ4n) is 1.56. The SMILES string of the molecule is COc1cccc(N(C)c2ncc(CN)cn2)c1. The molecule has 94 valence electrons. The summed E-state index contributed by atoms with van der Waals surface area (Å²) in [5.41, 5.74) is 7.40. The first kappa shape index (κ1) is 12.3. The molecule has 2 aromatic rings. The smallest absolute Gasteiger partial charge is 0.229 e. The Morgan fingerprint density at radius 1 is 1.28 bits per heavy atom. The van der Waals surface area contributed by atoms with Crippen molar-refractivity contribution in [1.82, 2.24) is 9.97 Å². The van der Waals surface area contributed by atoms with Gasteiger partial charge in [-0.2, -0.15) is 0 Å². The molecule has 0 saturated heterocycles. The van der Waals surface area contributed by atoms with Gasteiger partial charge in [0.25, 0.3) is 0 Å². The molecule has 2 rings (SSSR count). The summed E-state index contributed by atoms with van der Waals surface area (Å²) in [5.74, 6) is 1.43. The molecular formula is C13H16N4O. The molecular weight excluding hydrogens is 228 g/mol. The average Bonchev–Trinajstić information content (AvgIpc) is 2.46. The second-order valence-electron chi connectivity index (χ2n) is 3.86. The molecule has 0 bridgehead atoms. The lowest BCUT2D eigenvalue weighted by molar-refractivity contribution is 0.415. The van der Waals surface area contributed by atoms with Crippen molar-refractivity contribution in [2.45, 2.75) is 6.54 Å². The highest BCUT2D eigenvalue weighted by atomic mass is 16.5. The largest absolute Gasteiger partial charge is 0.497 e. The normalized spacial score (nSPS) is 10.2. The number of aromatic nitrogens is 2. The van der Waals surface area contributed by atoms with Crippen molar-refractivity contribution in [2.75, 3.05) is 19.1 Å². The predicted octanol–water partition coefficient (Wildman–Crippen LogP) is 1.71. The van der Waals surface area contributed by atoms with Gasteiger partial charge in [0, 0.05) is 43.3 Å². The number of methoxy groups -OCH3 is 1. The lowest BCUT2D eigenvalue weighted by Crippen LogP contribution is -2.13. The second kappa shape index (κ2) is 5.46. The van der Waals surface area contributed by atoms with Crippen LogP contribution in [0.5, 0.6) is 5.75 Å². The van der Waals surface area contributed by atoms with Crippen molar-refractivity contribution >= 4 is 11.6 Å². The van der Waals surface area contributed by atoms with Crippen LogP contribution in [-0.4, -0.2) is 24.1 Å². The summed E-state index contributed by atoms with van der Waals surface area (Å²) in [6.07, 6.45) is 3.47. The third-order valence-corrected chi connectivity index (χ3v) is 2.67. The van der Waals surface area contributed by atoms with Crippen LogP contribution in [0.1, 0.15) is 5.56 Å². The second-order valence-corrected chi connectivity index (χ2v) is 3.86. The minimum absolute atomic E-state index is 0.448. The minimum atomic E-state index is 0.448. The summed E-state index contributed by atoms with van der Waals surface area (Å²) < 4.78 is 5.19. The number of ether oxygens (including phenoxy) is 1. The first-order valence-corrected chi connectivity index (χ1v) is 5.63.